The predicted octanol–water partition coefficient (Wildman–Crippen LogP) is -7.59. The van der Waals surface area contributed by atoms with Gasteiger partial charge in [0.25, 0.3) is 0 Å². The molecule has 0 unspecified atom stereocenters. The zero-order valence-electron chi connectivity index (χ0n) is 84.2. The van der Waals surface area contributed by atoms with E-state index in [2.05, 4.69) is 132 Å². The number of aliphatic carboxylic acids is 1. The molecule has 0 saturated heterocycles. The number of aromatic hydroxyl groups is 2. The average Bonchev–Trinajstić information content (AvgIpc) is 0.888. The molecule has 0 heterocycles. The second-order valence-electron chi connectivity index (χ2n) is 36.8. The van der Waals surface area contributed by atoms with E-state index in [4.69, 9.17) is 28.3 Å². The number of hydrogen-bond donors (Lipinski definition) is 31. The molecule has 0 aliphatic heterocycles. The lowest BCUT2D eigenvalue weighted by atomic mass is 9.97. The highest BCUT2D eigenvalue weighted by atomic mass is 32.1. The highest BCUT2D eigenvalue weighted by Gasteiger charge is 2.39. The van der Waals surface area contributed by atoms with Crippen molar-refractivity contribution in [3.63, 3.8) is 0 Å². The number of nitrogens with one attached hydrogen (secondary N) is 21. The van der Waals surface area contributed by atoms with Crippen LogP contribution in [0.25, 0.3) is 0 Å². The van der Waals surface area contributed by atoms with Crippen molar-refractivity contribution in [3.8, 4) is 11.5 Å². The first-order valence-electron chi connectivity index (χ1n) is 47.8. The number of primary amides is 2. The van der Waals surface area contributed by atoms with Crippen LogP contribution in [0.1, 0.15) is 158 Å². The minimum absolute atomic E-state index is 0.0741. The van der Waals surface area contributed by atoms with Crippen molar-refractivity contribution < 1.29 is 126 Å². The van der Waals surface area contributed by atoms with Crippen molar-refractivity contribution in [2.45, 2.75) is 257 Å². The van der Waals surface area contributed by atoms with Crippen molar-refractivity contribution >= 4 is 161 Å². The van der Waals surface area contributed by atoms with E-state index < -0.39 is 296 Å². The first-order chi connectivity index (χ1) is 69.1. The van der Waals surface area contributed by atoms with Crippen molar-refractivity contribution in [2.75, 3.05) is 50.8 Å². The highest BCUT2D eigenvalue weighted by Crippen LogP contribution is 2.19. The van der Waals surface area contributed by atoms with Gasteiger partial charge < -0.3 is 150 Å². The van der Waals surface area contributed by atoms with Gasteiger partial charge in [0.2, 0.25) is 124 Å². The van der Waals surface area contributed by atoms with E-state index in [0.717, 1.165) is 6.92 Å². The summed E-state index contributed by atoms with van der Waals surface area (Å²) in [7, 11) is 0. The molecular formula is C94H145N25O26S2. The van der Waals surface area contributed by atoms with E-state index in [1.54, 1.807) is 85.7 Å². The highest BCUT2D eigenvalue weighted by molar-refractivity contribution is 7.80. The van der Waals surface area contributed by atoms with Crippen LogP contribution in [0.5, 0.6) is 11.5 Å². The van der Waals surface area contributed by atoms with Gasteiger partial charge in [0, 0.05) is 43.7 Å². The number of aliphatic hydroxyl groups excluding tert-OH is 1. The van der Waals surface area contributed by atoms with E-state index in [-0.39, 0.29) is 98.9 Å². The largest absolute Gasteiger partial charge is 0.508 e. The van der Waals surface area contributed by atoms with E-state index >= 15 is 0 Å². The molecule has 51 nitrogen and oxygen atoms in total. The summed E-state index contributed by atoms with van der Waals surface area (Å²) in [5.74, 6) is -25.2. The lowest BCUT2D eigenvalue weighted by molar-refractivity contribution is -0.143. The third kappa shape index (κ3) is 48.4. The summed E-state index contributed by atoms with van der Waals surface area (Å²) in [5, 5.41) is 95.9. The van der Waals surface area contributed by atoms with Crippen LogP contribution >= 0.6 is 25.3 Å². The standard InChI is InChI=1S/C94H145N25O26S2/c1-13-50(10)77(118-75(128)42-104-84(135)68(44-146)117-89(140)65(37-55-23-27-57(122)28-24-55)115-88(139)64(35-53-18-15-14-16-19-53)114-86(137)62(34-48(6)7)112-80(131)58(95)20-17-31-100-94(98)99)92(143)109-59(29-30-70(96)123)85(136)106-52(12)79(130)110-60(32-46(2)3)81(132)101-39-72(125)105-51(11)78(129)111-66(38-71(97)124)90(141)113-61(33-47(4)5)82(133)102-40-73(126)107-63(36-54-21-25-56(121)26-22-54)87(138)116-67(43-120)83(134)103-41-74(127)108-69(45-147)91(142)119-76(49(8)9)93(144)145/h14-16,18-19,21-28,46-52,58-69,76-77,120-122,146-147H,13,17,20,29-45,95H2,1-12H3,(H2,96,123)(H2,97,124)(H,101,132)(H,102,133)(H,103,134)(H,104,135)(H,105,125)(H,106,136)(H,107,126)(H,108,127)(H,109,143)(H,110,130)(H,111,129)(H,112,131)(H,113,141)(H,114,137)(H,115,139)(H,116,138)(H,117,140)(H,118,128)(H,119,142)(H,144,145)(H4,98,99,100)/t50-,51-,52-,58-,59-,60-,61-,62-,63-,64-,65-,66-,67-,68-,69-,76-,77-/m0/s1. The number of hydrogen-bond acceptors (Lipinski definition) is 29. The SMILES string of the molecule is CC[C@H](C)[C@H](NC(=O)CNC(=O)[C@H](CS)NC(=O)[C@H](Cc1ccc(O)cc1)NC(=O)[C@H](Cc1ccccc1)NC(=O)[C@H](CC(C)C)NC(=O)[C@@H](N)CCCNC(=N)N)C(=O)N[C@@H](CCC(N)=O)C(=O)N[C@@H](C)C(=O)N[C@@H](CC(C)C)C(=O)NCC(=O)N[C@@H](C)C(=O)N[C@@H](CC(N)=O)C(=O)N[C@@H](CC(C)C)C(=O)NCC(=O)N[C@@H](Cc1ccc(O)cc1)C(=O)N[C@@H](CO)C(=O)NCC(=O)N[C@@H](CS)C(=O)N[C@H](C(=O)O)C(C)C. The van der Waals surface area contributed by atoms with Gasteiger partial charge in [-0.15, -0.1) is 0 Å². The molecule has 3 rings (SSSR count). The number of amides is 21. The zero-order chi connectivity index (χ0) is 111. The maximum atomic E-state index is 14.6. The molecule has 0 fully saturated rings. The van der Waals surface area contributed by atoms with Gasteiger partial charge in [-0.25, -0.2) is 4.79 Å². The van der Waals surface area contributed by atoms with Crippen LogP contribution in [0, 0.1) is 35.0 Å². The predicted molar refractivity (Wildman–Crippen MR) is 541 cm³/mol. The summed E-state index contributed by atoms with van der Waals surface area (Å²) in [6.07, 6.45) is -1.89. The number of guanidine groups is 1. The normalized spacial score (nSPS) is 14.6. The summed E-state index contributed by atoms with van der Waals surface area (Å²) in [6.45, 7) is 14.8. The van der Waals surface area contributed by atoms with E-state index in [0.29, 0.717) is 23.1 Å². The zero-order valence-corrected chi connectivity index (χ0v) is 86.0. The summed E-state index contributed by atoms with van der Waals surface area (Å²) in [6, 6.07) is -4.15. The number of thiol groups is 2. The lowest BCUT2D eigenvalue weighted by Gasteiger charge is -2.28. The number of benzene rings is 3. The van der Waals surface area contributed by atoms with Crippen molar-refractivity contribution in [1.82, 2.24) is 106 Å². The topological polar surface area (TPSA) is 825 Å². The van der Waals surface area contributed by atoms with Gasteiger partial charge in [-0.2, -0.15) is 25.3 Å². The number of aliphatic hydroxyl groups is 1. The van der Waals surface area contributed by atoms with Crippen LogP contribution in [0.4, 0.5) is 0 Å². The van der Waals surface area contributed by atoms with E-state index in [1.165, 1.54) is 55.5 Å². The molecule has 0 spiro atoms. The van der Waals surface area contributed by atoms with Crippen LogP contribution in [-0.4, -0.2) is 304 Å². The minimum Gasteiger partial charge on any atom is -0.508 e. The fraction of sp³-hybridized carbons (Fsp3) is 0.564. The number of carbonyl (C=O) groups is 22. The molecule has 0 radical (unpaired) electrons. The molecule has 21 amide bonds. The number of carbonyl (C=O) groups excluding carboxylic acids is 21. The first kappa shape index (κ1) is 127. The fourth-order valence-corrected chi connectivity index (χ4v) is 14.6. The van der Waals surface area contributed by atoms with Gasteiger partial charge in [0.15, 0.2) is 5.96 Å². The van der Waals surface area contributed by atoms with Crippen LogP contribution in [0.15, 0.2) is 78.9 Å². The number of carboxylic acids is 1. The molecule has 814 valence electrons. The Morgan fingerprint density at radius 1 is 0.347 bits per heavy atom. The Hall–Kier alpha value is -14.5. The quantitative estimate of drug-likeness (QED) is 0.0108. The maximum absolute atomic E-state index is 14.6. The third-order valence-electron chi connectivity index (χ3n) is 22.4. The first-order valence-corrected chi connectivity index (χ1v) is 49.0. The van der Waals surface area contributed by atoms with Gasteiger partial charge in [-0.1, -0.05) is 130 Å². The lowest BCUT2D eigenvalue weighted by Crippen LogP contribution is -2.60. The molecule has 0 bridgehead atoms. The molecule has 17 atom stereocenters. The van der Waals surface area contributed by atoms with Crippen LogP contribution < -0.4 is 129 Å². The second-order valence-corrected chi connectivity index (χ2v) is 37.5. The summed E-state index contributed by atoms with van der Waals surface area (Å²) >= 11 is 8.34. The number of phenols is 2. The smallest absolute Gasteiger partial charge is 0.326 e. The third-order valence-corrected chi connectivity index (χ3v) is 23.1. The molecular weight excluding hydrogens is 1960 g/mol. The molecule has 3 aromatic rings. The van der Waals surface area contributed by atoms with Gasteiger partial charge in [0.05, 0.1) is 45.2 Å². The Labute approximate surface area is 861 Å². The van der Waals surface area contributed by atoms with Crippen molar-refractivity contribution in [3.05, 3.63) is 95.6 Å². The monoisotopic (exact) mass is 2100 g/mol. The Bertz CT molecular complexity index is 5010. The number of carboxylic acid groups (broad SMARTS) is 1. The van der Waals surface area contributed by atoms with Gasteiger partial charge in [-0.3, -0.25) is 106 Å². The van der Waals surface area contributed by atoms with Crippen molar-refractivity contribution in [1.29, 1.82) is 5.41 Å². The summed E-state index contributed by atoms with van der Waals surface area (Å²) in [5.41, 5.74) is 23.9. The number of phenolic OH excluding ortho intramolecular Hbond substituents is 2. The minimum atomic E-state index is -1.82. The average molecular weight is 2110 g/mol. The number of rotatable bonds is 66. The van der Waals surface area contributed by atoms with Crippen molar-refractivity contribution in [2.24, 2.45) is 52.5 Å². The second kappa shape index (κ2) is 65.1. The Kier molecular flexibility index (Phi) is 56.1. The molecule has 0 aliphatic rings. The molecule has 0 saturated carbocycles. The Morgan fingerprint density at radius 3 is 1.11 bits per heavy atom. The summed E-state index contributed by atoms with van der Waals surface area (Å²) in [4.78, 5) is 298. The van der Waals surface area contributed by atoms with E-state index in [1.807, 2.05) is 13.8 Å². The molecule has 0 aliphatic carbocycles. The summed E-state index contributed by atoms with van der Waals surface area (Å²) < 4.78 is 0. The van der Waals surface area contributed by atoms with Gasteiger partial charge in [-0.05, 0) is 123 Å². The number of nitrogens with two attached hydrogens (primary N) is 4. The Morgan fingerprint density at radius 2 is 0.687 bits per heavy atom. The van der Waals surface area contributed by atoms with Gasteiger partial charge >= 0.3 is 5.97 Å². The fourth-order valence-electron chi connectivity index (χ4n) is 14.1. The Balaban J connectivity index is 1.71. The molecule has 53 heteroatoms. The van der Waals surface area contributed by atoms with E-state index in [9.17, 15) is 126 Å². The van der Waals surface area contributed by atoms with Crippen LogP contribution in [0.3, 0.4) is 0 Å². The maximum Gasteiger partial charge on any atom is 0.326 e. The molecule has 33 N–H and O–H groups in total. The molecule has 3 aromatic carbocycles. The molecule has 147 heavy (non-hydrogen) atoms. The van der Waals surface area contributed by atoms with Crippen LogP contribution in [0.2, 0.25) is 0 Å². The van der Waals surface area contributed by atoms with Gasteiger partial charge in [0.1, 0.15) is 102 Å². The molecule has 0 aromatic heterocycles. The van der Waals surface area contributed by atoms with Crippen LogP contribution in [-0.2, 0) is 125 Å².